The van der Waals surface area contributed by atoms with Gasteiger partial charge in [-0.3, -0.25) is 14.9 Å². The Bertz CT molecular complexity index is 815. The number of benzene rings is 1. The van der Waals surface area contributed by atoms with Crippen LogP contribution in [-0.2, 0) is 21.4 Å². The maximum atomic E-state index is 12.6. The quantitative estimate of drug-likeness (QED) is 0.596. The van der Waals surface area contributed by atoms with Gasteiger partial charge in [-0.15, -0.1) is 0 Å². The highest BCUT2D eigenvalue weighted by Crippen LogP contribution is 2.22. The third-order valence-corrected chi connectivity index (χ3v) is 4.68. The minimum absolute atomic E-state index is 0.250. The highest BCUT2D eigenvalue weighted by atomic mass is 32.2. The molecule has 1 aromatic carbocycles. The molecule has 0 aliphatic heterocycles. The summed E-state index contributed by atoms with van der Waals surface area (Å²) in [6.45, 7) is -1.10. The summed E-state index contributed by atoms with van der Waals surface area (Å²) < 4.78 is 30.8. The molecule has 2 rings (SSSR count). The molecule has 122 valence electrons. The lowest BCUT2D eigenvalue weighted by Crippen LogP contribution is -2.35. The van der Waals surface area contributed by atoms with Gasteiger partial charge in [0.2, 0.25) is 10.0 Å². The molecule has 23 heavy (non-hydrogen) atoms. The van der Waals surface area contributed by atoms with E-state index in [4.69, 9.17) is 9.52 Å². The normalized spacial score (nSPS) is 11.5. The molecule has 0 radical (unpaired) electrons. The molecule has 0 aliphatic carbocycles. The number of carboxylic acid groups (broad SMARTS) is 1. The second-order valence-electron chi connectivity index (χ2n) is 4.50. The fourth-order valence-electron chi connectivity index (χ4n) is 1.86. The maximum Gasteiger partial charge on any atom is 0.318 e. The first-order valence-corrected chi connectivity index (χ1v) is 7.73. The third-order valence-electron chi connectivity index (χ3n) is 2.89. The summed E-state index contributed by atoms with van der Waals surface area (Å²) in [4.78, 5) is 20.6. The number of carbonyl (C=O) groups is 1. The largest absolute Gasteiger partial charge is 0.480 e. The molecule has 0 bridgehead atoms. The van der Waals surface area contributed by atoms with E-state index >= 15 is 0 Å². The van der Waals surface area contributed by atoms with E-state index < -0.39 is 33.1 Å². The molecule has 1 aromatic heterocycles. The molecule has 0 amide bonds. The van der Waals surface area contributed by atoms with E-state index in [2.05, 4.69) is 0 Å². The number of non-ortho nitro benzene ring substituents is 1. The summed E-state index contributed by atoms with van der Waals surface area (Å²) in [5.41, 5.74) is -0.403. The van der Waals surface area contributed by atoms with Gasteiger partial charge < -0.3 is 9.52 Å². The predicted octanol–water partition coefficient (Wildman–Crippen LogP) is 1.46. The van der Waals surface area contributed by atoms with E-state index in [0.29, 0.717) is 4.31 Å². The van der Waals surface area contributed by atoms with Crippen molar-refractivity contribution >= 4 is 21.7 Å². The number of hydrogen-bond acceptors (Lipinski definition) is 6. The topological polar surface area (TPSA) is 131 Å². The minimum Gasteiger partial charge on any atom is -0.480 e. The monoisotopic (exact) mass is 340 g/mol. The van der Waals surface area contributed by atoms with Crippen molar-refractivity contribution < 1.29 is 27.7 Å². The molecule has 9 nitrogen and oxygen atoms in total. The first-order valence-electron chi connectivity index (χ1n) is 6.29. The van der Waals surface area contributed by atoms with Crippen LogP contribution in [0.1, 0.15) is 5.76 Å². The van der Waals surface area contributed by atoms with Crippen LogP contribution in [0.3, 0.4) is 0 Å². The molecule has 0 unspecified atom stereocenters. The van der Waals surface area contributed by atoms with Crippen molar-refractivity contribution in [3.63, 3.8) is 0 Å². The Morgan fingerprint density at radius 2 is 2.04 bits per heavy atom. The van der Waals surface area contributed by atoms with Crippen molar-refractivity contribution in [1.29, 1.82) is 0 Å². The molecule has 0 fully saturated rings. The third kappa shape index (κ3) is 3.93. The lowest BCUT2D eigenvalue weighted by molar-refractivity contribution is -0.385. The summed E-state index contributed by atoms with van der Waals surface area (Å²) in [6.07, 6.45) is 1.33. The lowest BCUT2D eigenvalue weighted by atomic mass is 10.3. The van der Waals surface area contributed by atoms with Gasteiger partial charge in [0, 0.05) is 12.1 Å². The van der Waals surface area contributed by atoms with Crippen LogP contribution in [-0.4, -0.2) is 35.3 Å². The van der Waals surface area contributed by atoms with Crippen LogP contribution in [0.5, 0.6) is 0 Å². The molecular formula is C13H12N2O7S. The summed E-state index contributed by atoms with van der Waals surface area (Å²) in [5, 5.41) is 19.7. The molecule has 0 saturated carbocycles. The van der Waals surface area contributed by atoms with Gasteiger partial charge in [-0.05, 0) is 18.2 Å². The van der Waals surface area contributed by atoms with Gasteiger partial charge in [-0.25, -0.2) is 8.42 Å². The number of nitrogens with zero attached hydrogens (tertiary/aromatic N) is 2. The number of rotatable bonds is 7. The molecule has 2 aromatic rings. The first-order chi connectivity index (χ1) is 10.8. The number of sulfonamides is 1. The van der Waals surface area contributed by atoms with E-state index in [1.807, 2.05) is 0 Å². The Morgan fingerprint density at radius 1 is 1.30 bits per heavy atom. The second-order valence-corrected chi connectivity index (χ2v) is 6.44. The molecule has 0 aliphatic rings. The van der Waals surface area contributed by atoms with E-state index in [1.54, 1.807) is 0 Å². The van der Waals surface area contributed by atoms with Crippen LogP contribution < -0.4 is 0 Å². The van der Waals surface area contributed by atoms with Crippen LogP contribution >= 0.6 is 0 Å². The summed E-state index contributed by atoms with van der Waals surface area (Å²) in [6, 6.07) is 7.45. The van der Waals surface area contributed by atoms with Crippen LogP contribution in [0.2, 0.25) is 0 Å². The van der Waals surface area contributed by atoms with Crippen LogP contribution in [0.15, 0.2) is 52.0 Å². The molecule has 0 spiro atoms. The summed E-state index contributed by atoms with van der Waals surface area (Å²) in [7, 11) is -4.24. The zero-order valence-electron chi connectivity index (χ0n) is 11.7. The van der Waals surface area contributed by atoms with Gasteiger partial charge in [-0.2, -0.15) is 4.31 Å². The average molecular weight is 340 g/mol. The van der Waals surface area contributed by atoms with Crippen molar-refractivity contribution in [3.8, 4) is 0 Å². The average Bonchev–Trinajstić information content (AvgIpc) is 2.99. The van der Waals surface area contributed by atoms with Crippen LogP contribution in [0, 0.1) is 10.1 Å². The molecule has 0 atom stereocenters. The van der Waals surface area contributed by atoms with E-state index in [9.17, 15) is 23.3 Å². The van der Waals surface area contributed by atoms with Crippen molar-refractivity contribution in [2.75, 3.05) is 6.54 Å². The number of nitro groups is 1. The van der Waals surface area contributed by atoms with Gasteiger partial charge in [0.1, 0.15) is 12.3 Å². The number of nitro benzene ring substituents is 1. The predicted molar refractivity (Wildman–Crippen MR) is 77.0 cm³/mol. The minimum atomic E-state index is -4.24. The highest BCUT2D eigenvalue weighted by Gasteiger charge is 2.28. The SMILES string of the molecule is O=C(O)CN(Cc1ccco1)S(=O)(=O)c1cccc([N+](=O)[O-])c1. The Labute approximate surface area is 131 Å². The lowest BCUT2D eigenvalue weighted by Gasteiger charge is -2.19. The van der Waals surface area contributed by atoms with Crippen molar-refractivity contribution in [2.24, 2.45) is 0 Å². The zero-order chi connectivity index (χ0) is 17.0. The van der Waals surface area contributed by atoms with Gasteiger partial charge in [0.15, 0.2) is 0 Å². The van der Waals surface area contributed by atoms with Gasteiger partial charge in [-0.1, -0.05) is 6.07 Å². The van der Waals surface area contributed by atoms with Crippen LogP contribution in [0.4, 0.5) is 5.69 Å². The Morgan fingerprint density at radius 3 is 2.61 bits per heavy atom. The molecule has 1 heterocycles. The van der Waals surface area contributed by atoms with Crippen LogP contribution in [0.25, 0.3) is 0 Å². The maximum absolute atomic E-state index is 12.6. The first kappa shape index (κ1) is 16.6. The van der Waals surface area contributed by atoms with Crippen molar-refractivity contribution in [3.05, 3.63) is 58.5 Å². The fourth-order valence-corrected chi connectivity index (χ4v) is 3.26. The summed E-state index contributed by atoms with van der Waals surface area (Å²) in [5.74, 6) is -1.11. The molecule has 10 heteroatoms. The molecule has 1 N–H and O–H groups in total. The number of furan rings is 1. The smallest absolute Gasteiger partial charge is 0.318 e. The second kappa shape index (κ2) is 6.58. The molecule has 0 saturated heterocycles. The highest BCUT2D eigenvalue weighted by molar-refractivity contribution is 7.89. The van der Waals surface area contributed by atoms with Gasteiger partial charge in [0.25, 0.3) is 5.69 Å². The summed E-state index contributed by atoms with van der Waals surface area (Å²) >= 11 is 0. The Balaban J connectivity index is 2.40. The number of aliphatic carboxylic acids is 1. The number of carboxylic acids is 1. The Kier molecular flexibility index (Phi) is 4.77. The van der Waals surface area contributed by atoms with E-state index in [0.717, 1.165) is 12.1 Å². The van der Waals surface area contributed by atoms with Gasteiger partial charge in [0.05, 0.1) is 22.6 Å². The Hall–Kier alpha value is -2.72. The van der Waals surface area contributed by atoms with Gasteiger partial charge >= 0.3 is 5.97 Å². The van der Waals surface area contributed by atoms with Crippen molar-refractivity contribution in [2.45, 2.75) is 11.4 Å². The number of hydrogen-bond donors (Lipinski definition) is 1. The van der Waals surface area contributed by atoms with E-state index in [-0.39, 0.29) is 17.2 Å². The fraction of sp³-hybridized carbons (Fsp3) is 0.154. The van der Waals surface area contributed by atoms with Crippen molar-refractivity contribution in [1.82, 2.24) is 4.31 Å². The molecular weight excluding hydrogens is 328 g/mol. The zero-order valence-corrected chi connectivity index (χ0v) is 12.5. The standard InChI is InChI=1S/C13H12N2O7S/c16-13(17)9-14(8-11-4-2-6-22-11)23(20,21)12-5-1-3-10(7-12)15(18)19/h1-7H,8-9H2,(H,16,17). The van der Waals surface area contributed by atoms with E-state index in [1.165, 1.54) is 30.5 Å².